The topological polar surface area (TPSA) is 67.8 Å². The normalized spacial score (nSPS) is 15.1. The lowest BCUT2D eigenvalue weighted by molar-refractivity contribution is -0.128. The highest BCUT2D eigenvalue weighted by atomic mass is 16.5. The first-order valence-electron chi connectivity index (χ1n) is 6.69. The summed E-state index contributed by atoms with van der Waals surface area (Å²) in [5.74, 6) is 1.07. The number of ether oxygens (including phenoxy) is 2. The van der Waals surface area contributed by atoms with E-state index in [2.05, 4.69) is 5.32 Å². The molecule has 0 bridgehead atoms. The Morgan fingerprint density at radius 2 is 1.90 bits per heavy atom. The Kier molecular flexibility index (Phi) is 5.82. The minimum Gasteiger partial charge on any atom is -0.497 e. The Hall–Kier alpha value is -1.75. The van der Waals surface area contributed by atoms with E-state index in [0.717, 1.165) is 5.75 Å². The van der Waals surface area contributed by atoms with E-state index in [0.29, 0.717) is 12.2 Å². The van der Waals surface area contributed by atoms with Crippen LogP contribution in [-0.2, 0) is 4.79 Å². The van der Waals surface area contributed by atoms with Gasteiger partial charge in [0.2, 0.25) is 0 Å². The zero-order chi connectivity index (χ0) is 15.2. The van der Waals surface area contributed by atoms with E-state index in [1.807, 2.05) is 6.92 Å². The summed E-state index contributed by atoms with van der Waals surface area (Å²) in [6, 6.07) is 7.01. The number of carbonyl (C=O) groups is 1. The maximum atomic E-state index is 11.9. The van der Waals surface area contributed by atoms with E-state index in [9.17, 15) is 9.90 Å². The van der Waals surface area contributed by atoms with Gasteiger partial charge in [0.25, 0.3) is 5.91 Å². The van der Waals surface area contributed by atoms with Gasteiger partial charge in [-0.2, -0.15) is 0 Å². The van der Waals surface area contributed by atoms with Crippen molar-refractivity contribution < 1.29 is 19.4 Å². The SMILES string of the molecule is CCC(C)(O)CNC(=O)C(C)Oc1ccc(OC)cc1. The third-order valence-electron chi connectivity index (χ3n) is 3.15. The second-order valence-electron chi connectivity index (χ2n) is 5.00. The lowest BCUT2D eigenvalue weighted by Crippen LogP contribution is -2.44. The van der Waals surface area contributed by atoms with E-state index in [-0.39, 0.29) is 12.5 Å². The fourth-order valence-electron chi connectivity index (χ4n) is 1.46. The van der Waals surface area contributed by atoms with Crippen LogP contribution in [-0.4, -0.2) is 36.4 Å². The van der Waals surface area contributed by atoms with Gasteiger partial charge in [-0.1, -0.05) is 6.92 Å². The van der Waals surface area contributed by atoms with Crippen LogP contribution in [0.4, 0.5) is 0 Å². The molecule has 2 atom stereocenters. The summed E-state index contributed by atoms with van der Waals surface area (Å²) in [5.41, 5.74) is -0.893. The molecule has 1 amide bonds. The lowest BCUT2D eigenvalue weighted by Gasteiger charge is -2.23. The molecule has 0 saturated heterocycles. The van der Waals surface area contributed by atoms with E-state index in [1.165, 1.54) is 0 Å². The van der Waals surface area contributed by atoms with Gasteiger partial charge in [0.1, 0.15) is 11.5 Å². The summed E-state index contributed by atoms with van der Waals surface area (Å²) in [7, 11) is 1.59. The van der Waals surface area contributed by atoms with Gasteiger partial charge in [0, 0.05) is 6.54 Å². The predicted octanol–water partition coefficient (Wildman–Crippen LogP) is 1.74. The van der Waals surface area contributed by atoms with Gasteiger partial charge in [-0.05, 0) is 44.5 Å². The number of hydrogen-bond donors (Lipinski definition) is 2. The Morgan fingerprint density at radius 3 is 2.40 bits per heavy atom. The molecule has 2 unspecified atom stereocenters. The molecule has 0 aromatic heterocycles. The van der Waals surface area contributed by atoms with Crippen LogP contribution in [0.5, 0.6) is 11.5 Å². The lowest BCUT2D eigenvalue weighted by atomic mass is 10.0. The molecule has 20 heavy (non-hydrogen) atoms. The summed E-state index contributed by atoms with van der Waals surface area (Å²) in [5, 5.41) is 12.5. The van der Waals surface area contributed by atoms with Crippen LogP contribution >= 0.6 is 0 Å². The molecule has 0 aliphatic heterocycles. The Labute approximate surface area is 119 Å². The van der Waals surface area contributed by atoms with Crippen molar-refractivity contribution in [2.24, 2.45) is 0 Å². The first-order chi connectivity index (χ1) is 9.38. The number of rotatable bonds is 7. The molecule has 1 aromatic carbocycles. The van der Waals surface area contributed by atoms with Gasteiger partial charge in [-0.3, -0.25) is 4.79 Å². The maximum absolute atomic E-state index is 11.9. The van der Waals surface area contributed by atoms with Gasteiger partial charge < -0.3 is 19.9 Å². The highest BCUT2D eigenvalue weighted by molar-refractivity contribution is 5.80. The molecule has 0 saturated carbocycles. The van der Waals surface area contributed by atoms with Crippen LogP contribution in [0.15, 0.2) is 24.3 Å². The third-order valence-corrected chi connectivity index (χ3v) is 3.15. The molecular formula is C15H23NO4. The van der Waals surface area contributed by atoms with Crippen molar-refractivity contribution in [3.8, 4) is 11.5 Å². The van der Waals surface area contributed by atoms with E-state index < -0.39 is 11.7 Å². The molecule has 0 aliphatic carbocycles. The van der Waals surface area contributed by atoms with E-state index >= 15 is 0 Å². The Morgan fingerprint density at radius 1 is 1.35 bits per heavy atom. The molecule has 1 rings (SSSR count). The monoisotopic (exact) mass is 281 g/mol. The van der Waals surface area contributed by atoms with E-state index in [1.54, 1.807) is 45.2 Å². The number of methoxy groups -OCH3 is 1. The quantitative estimate of drug-likeness (QED) is 0.799. The van der Waals surface area contributed by atoms with Gasteiger partial charge in [0.15, 0.2) is 6.10 Å². The minimum atomic E-state index is -0.893. The molecule has 0 spiro atoms. The standard InChI is InChI=1S/C15H23NO4/c1-5-15(3,18)10-16-14(17)11(2)20-13-8-6-12(19-4)7-9-13/h6-9,11,18H,5,10H2,1-4H3,(H,16,17). The summed E-state index contributed by atoms with van der Waals surface area (Å²) < 4.78 is 10.6. The molecular weight excluding hydrogens is 258 g/mol. The van der Waals surface area contributed by atoms with Crippen molar-refractivity contribution in [2.75, 3.05) is 13.7 Å². The number of carbonyl (C=O) groups excluding carboxylic acids is 1. The first kappa shape index (κ1) is 16.3. The van der Waals surface area contributed by atoms with Gasteiger partial charge in [0.05, 0.1) is 12.7 Å². The second-order valence-corrected chi connectivity index (χ2v) is 5.00. The van der Waals surface area contributed by atoms with Crippen LogP contribution in [0.1, 0.15) is 27.2 Å². The minimum absolute atomic E-state index is 0.207. The predicted molar refractivity (Wildman–Crippen MR) is 77.0 cm³/mol. The van der Waals surface area contributed by atoms with Gasteiger partial charge in [-0.25, -0.2) is 0 Å². The largest absolute Gasteiger partial charge is 0.497 e. The van der Waals surface area contributed by atoms with Gasteiger partial charge >= 0.3 is 0 Å². The van der Waals surface area contributed by atoms with Crippen LogP contribution in [0.25, 0.3) is 0 Å². The first-order valence-corrected chi connectivity index (χ1v) is 6.69. The molecule has 5 heteroatoms. The Balaban J connectivity index is 2.48. The van der Waals surface area contributed by atoms with Crippen molar-refractivity contribution in [3.63, 3.8) is 0 Å². The third kappa shape index (κ3) is 5.09. The average molecular weight is 281 g/mol. The van der Waals surface area contributed by atoms with Crippen LogP contribution in [0.3, 0.4) is 0 Å². The number of aliphatic hydroxyl groups is 1. The molecule has 0 fully saturated rings. The zero-order valence-corrected chi connectivity index (χ0v) is 12.5. The van der Waals surface area contributed by atoms with Crippen molar-refractivity contribution in [1.29, 1.82) is 0 Å². The highest BCUT2D eigenvalue weighted by Gasteiger charge is 2.21. The molecule has 0 heterocycles. The zero-order valence-electron chi connectivity index (χ0n) is 12.5. The smallest absolute Gasteiger partial charge is 0.260 e. The number of nitrogens with one attached hydrogen (secondary N) is 1. The molecule has 2 N–H and O–H groups in total. The van der Waals surface area contributed by atoms with Crippen molar-refractivity contribution in [3.05, 3.63) is 24.3 Å². The second kappa shape index (κ2) is 7.14. The number of hydrogen-bond acceptors (Lipinski definition) is 4. The number of benzene rings is 1. The maximum Gasteiger partial charge on any atom is 0.260 e. The molecule has 0 radical (unpaired) electrons. The molecule has 0 aliphatic rings. The van der Waals surface area contributed by atoms with Crippen LogP contribution in [0, 0.1) is 0 Å². The fraction of sp³-hybridized carbons (Fsp3) is 0.533. The average Bonchev–Trinajstić information content (AvgIpc) is 2.45. The fourth-order valence-corrected chi connectivity index (χ4v) is 1.46. The highest BCUT2D eigenvalue weighted by Crippen LogP contribution is 2.18. The summed E-state index contributed by atoms with van der Waals surface area (Å²) in [4.78, 5) is 11.9. The van der Waals surface area contributed by atoms with E-state index in [4.69, 9.17) is 9.47 Å². The van der Waals surface area contributed by atoms with Crippen LogP contribution < -0.4 is 14.8 Å². The summed E-state index contributed by atoms with van der Waals surface area (Å²) in [6.45, 7) is 5.42. The van der Waals surface area contributed by atoms with Crippen LogP contribution in [0.2, 0.25) is 0 Å². The summed E-state index contributed by atoms with van der Waals surface area (Å²) >= 11 is 0. The van der Waals surface area contributed by atoms with Gasteiger partial charge in [-0.15, -0.1) is 0 Å². The summed E-state index contributed by atoms with van der Waals surface area (Å²) in [6.07, 6.45) is -0.0582. The Bertz CT molecular complexity index is 428. The van der Waals surface area contributed by atoms with Crippen molar-refractivity contribution in [2.45, 2.75) is 38.9 Å². The van der Waals surface area contributed by atoms with Crippen molar-refractivity contribution in [1.82, 2.24) is 5.32 Å². The molecule has 5 nitrogen and oxygen atoms in total. The number of amides is 1. The molecule has 1 aromatic rings. The van der Waals surface area contributed by atoms with Crippen molar-refractivity contribution >= 4 is 5.91 Å². The molecule has 112 valence electrons.